The summed E-state index contributed by atoms with van der Waals surface area (Å²) in [5.41, 5.74) is -0.222. The maximum absolute atomic E-state index is 12.8. The summed E-state index contributed by atoms with van der Waals surface area (Å²) in [7, 11) is 0. The van der Waals surface area contributed by atoms with Crippen LogP contribution in [-0.4, -0.2) is 17.0 Å². The van der Waals surface area contributed by atoms with Crippen molar-refractivity contribution in [3.63, 3.8) is 0 Å². The third-order valence-corrected chi connectivity index (χ3v) is 2.93. The van der Waals surface area contributed by atoms with Gasteiger partial charge in [0.25, 0.3) is 11.8 Å². The molecule has 0 aliphatic heterocycles. The zero-order valence-corrected chi connectivity index (χ0v) is 9.47. The number of hydrogen-bond donors (Lipinski definition) is 0. The van der Waals surface area contributed by atoms with Gasteiger partial charge in [-0.15, -0.1) is 0 Å². The molecule has 0 heterocycles. The molecule has 0 bridgehead atoms. The van der Waals surface area contributed by atoms with Crippen LogP contribution in [0.4, 0.5) is 19.3 Å². The highest BCUT2D eigenvalue weighted by Gasteiger charge is 2.46. The summed E-state index contributed by atoms with van der Waals surface area (Å²) in [6.45, 7) is 0. The molecule has 0 radical (unpaired) electrons. The number of ether oxygens (including phenoxy) is 1. The second-order valence-corrected chi connectivity index (χ2v) is 4.29. The van der Waals surface area contributed by atoms with Crippen LogP contribution in [0.5, 0.6) is 5.75 Å². The quantitative estimate of drug-likeness (QED) is 0.362. The van der Waals surface area contributed by atoms with E-state index < -0.39 is 35.8 Å². The Morgan fingerprint density at radius 2 is 2.05 bits per heavy atom. The predicted molar refractivity (Wildman–Crippen MR) is 56.0 cm³/mol. The number of carbonyl (C=O) groups is 1. The van der Waals surface area contributed by atoms with Gasteiger partial charge >= 0.3 is 0 Å². The number of nitro benzene ring substituents is 1. The van der Waals surface area contributed by atoms with E-state index in [1.165, 1.54) is 0 Å². The van der Waals surface area contributed by atoms with Gasteiger partial charge in [-0.05, 0) is 17.5 Å². The second-order valence-electron chi connectivity index (χ2n) is 4.29. The molecule has 1 aromatic carbocycles. The van der Waals surface area contributed by atoms with E-state index in [1.54, 1.807) is 0 Å². The molecule has 1 fully saturated rings. The minimum atomic E-state index is -2.83. The third-order valence-electron chi connectivity index (χ3n) is 2.93. The topological polar surface area (TPSA) is 92.5 Å². The van der Waals surface area contributed by atoms with Gasteiger partial charge < -0.3 is 14.6 Å². The summed E-state index contributed by atoms with van der Waals surface area (Å²) >= 11 is 0. The number of carboxylic acid groups (broad SMARTS) is 1. The van der Waals surface area contributed by atoms with E-state index in [1.807, 2.05) is 0 Å². The molecule has 102 valence electrons. The lowest BCUT2D eigenvalue weighted by Gasteiger charge is -2.36. The number of carbonyl (C=O) groups excluding carboxylic acids is 1. The number of benzene rings is 1. The molecule has 0 atom stereocenters. The SMILES string of the molecule is O=C([O-])Oc1ccc([N+](=O)[O-])cc1C1CC(F)(F)C1. The summed E-state index contributed by atoms with van der Waals surface area (Å²) < 4.78 is 30.0. The summed E-state index contributed by atoms with van der Waals surface area (Å²) in [6.07, 6.45) is -2.82. The lowest BCUT2D eigenvalue weighted by molar-refractivity contribution is -0.385. The molecule has 0 saturated heterocycles. The first-order valence-corrected chi connectivity index (χ1v) is 5.33. The van der Waals surface area contributed by atoms with E-state index in [0.717, 1.165) is 18.2 Å². The fourth-order valence-electron chi connectivity index (χ4n) is 2.03. The van der Waals surface area contributed by atoms with Crippen molar-refractivity contribution < 1.29 is 28.3 Å². The highest BCUT2D eigenvalue weighted by atomic mass is 19.3. The molecule has 19 heavy (non-hydrogen) atoms. The summed E-state index contributed by atoms with van der Waals surface area (Å²) in [6, 6.07) is 3.16. The average Bonchev–Trinajstić information content (AvgIpc) is 2.25. The Morgan fingerprint density at radius 3 is 2.53 bits per heavy atom. The zero-order chi connectivity index (χ0) is 14.2. The van der Waals surface area contributed by atoms with Crippen molar-refractivity contribution in [1.82, 2.24) is 0 Å². The molecule has 0 N–H and O–H groups in total. The smallest absolute Gasteiger partial charge is 0.269 e. The van der Waals surface area contributed by atoms with Crippen LogP contribution in [0, 0.1) is 10.1 Å². The van der Waals surface area contributed by atoms with Crippen LogP contribution < -0.4 is 9.84 Å². The molecule has 0 spiro atoms. The molecule has 8 heteroatoms. The van der Waals surface area contributed by atoms with Crippen LogP contribution in [0.15, 0.2) is 18.2 Å². The summed E-state index contributed by atoms with van der Waals surface area (Å²) in [5, 5.41) is 21.0. The van der Waals surface area contributed by atoms with Gasteiger partial charge in [0, 0.05) is 25.0 Å². The number of nitrogens with zero attached hydrogens (tertiary/aromatic N) is 1. The van der Waals surface area contributed by atoms with Gasteiger partial charge in [0.1, 0.15) is 0 Å². The Bertz CT molecular complexity index is 538. The van der Waals surface area contributed by atoms with Crippen LogP contribution >= 0.6 is 0 Å². The van der Waals surface area contributed by atoms with Crippen LogP contribution in [0.2, 0.25) is 0 Å². The number of hydrogen-bond acceptors (Lipinski definition) is 5. The van der Waals surface area contributed by atoms with Gasteiger partial charge in [0.15, 0.2) is 0 Å². The highest BCUT2D eigenvalue weighted by molar-refractivity contribution is 5.61. The van der Waals surface area contributed by atoms with Crippen molar-refractivity contribution in [2.45, 2.75) is 24.7 Å². The fourth-order valence-corrected chi connectivity index (χ4v) is 2.03. The van der Waals surface area contributed by atoms with Crippen molar-refractivity contribution in [2.75, 3.05) is 0 Å². The van der Waals surface area contributed by atoms with Crippen LogP contribution in [0.3, 0.4) is 0 Å². The maximum atomic E-state index is 12.8. The molecule has 6 nitrogen and oxygen atoms in total. The molecule has 1 saturated carbocycles. The Labute approximate surface area is 105 Å². The van der Waals surface area contributed by atoms with Crippen molar-refractivity contribution >= 4 is 11.8 Å². The van der Waals surface area contributed by atoms with E-state index in [4.69, 9.17) is 0 Å². The van der Waals surface area contributed by atoms with Crippen molar-refractivity contribution in [3.8, 4) is 5.75 Å². The molecule has 0 aromatic heterocycles. The monoisotopic (exact) mass is 272 g/mol. The normalized spacial score (nSPS) is 17.6. The fraction of sp³-hybridized carbons (Fsp3) is 0.364. The molecule has 0 amide bonds. The van der Waals surface area contributed by atoms with E-state index in [9.17, 15) is 28.8 Å². The maximum Gasteiger partial charge on any atom is 0.269 e. The number of nitro groups is 1. The second kappa shape index (κ2) is 4.45. The first kappa shape index (κ1) is 13.2. The number of halogens is 2. The Balaban J connectivity index is 2.33. The molecular weight excluding hydrogens is 264 g/mol. The van der Waals surface area contributed by atoms with Gasteiger partial charge in [-0.2, -0.15) is 0 Å². The first-order chi connectivity index (χ1) is 8.78. The van der Waals surface area contributed by atoms with Crippen molar-refractivity contribution in [2.24, 2.45) is 0 Å². The van der Waals surface area contributed by atoms with Crippen molar-refractivity contribution in [3.05, 3.63) is 33.9 Å². The Kier molecular flexibility index (Phi) is 3.09. The minimum absolute atomic E-state index is 0.0873. The predicted octanol–water partition coefficient (Wildman–Crippen LogP) is 1.83. The van der Waals surface area contributed by atoms with Crippen LogP contribution in [0.25, 0.3) is 0 Å². The van der Waals surface area contributed by atoms with Gasteiger partial charge in [-0.1, -0.05) is 0 Å². The lowest BCUT2D eigenvalue weighted by atomic mass is 9.76. The van der Waals surface area contributed by atoms with Crippen molar-refractivity contribution in [1.29, 1.82) is 0 Å². The van der Waals surface area contributed by atoms with E-state index >= 15 is 0 Å². The summed E-state index contributed by atoms with van der Waals surface area (Å²) in [5.74, 6) is -3.69. The molecule has 1 aliphatic carbocycles. The van der Waals surface area contributed by atoms with Crippen LogP contribution in [0.1, 0.15) is 24.3 Å². The van der Waals surface area contributed by atoms with Gasteiger partial charge in [-0.25, -0.2) is 8.78 Å². The molecule has 2 rings (SSSR count). The van der Waals surface area contributed by atoms with Gasteiger partial charge in [0.05, 0.1) is 10.7 Å². The number of rotatable bonds is 3. The van der Waals surface area contributed by atoms with E-state index in [-0.39, 0.29) is 17.0 Å². The first-order valence-electron chi connectivity index (χ1n) is 5.33. The zero-order valence-electron chi connectivity index (χ0n) is 9.47. The number of alkyl halides is 2. The minimum Gasteiger partial charge on any atom is -0.514 e. The Hall–Kier alpha value is -2.25. The standard InChI is InChI=1S/C11H9F2NO5/c12-11(13)4-6(5-11)8-3-7(14(17)18)1-2-9(8)19-10(15)16/h1-3,6H,4-5H2,(H,15,16)/p-1. The van der Waals surface area contributed by atoms with E-state index in [0.29, 0.717) is 0 Å². The third kappa shape index (κ3) is 2.78. The lowest BCUT2D eigenvalue weighted by Crippen LogP contribution is -2.34. The molecule has 1 aromatic rings. The van der Waals surface area contributed by atoms with Gasteiger partial charge in [0.2, 0.25) is 5.92 Å². The number of non-ortho nitro benzene ring substituents is 1. The average molecular weight is 272 g/mol. The highest BCUT2D eigenvalue weighted by Crippen LogP contribution is 2.50. The van der Waals surface area contributed by atoms with Crippen LogP contribution in [-0.2, 0) is 0 Å². The molecular formula is C11H8F2NO5-. The Morgan fingerprint density at radius 1 is 1.42 bits per heavy atom. The molecule has 1 aliphatic rings. The summed E-state index contributed by atoms with van der Waals surface area (Å²) in [4.78, 5) is 20.3. The largest absolute Gasteiger partial charge is 0.514 e. The van der Waals surface area contributed by atoms with E-state index in [2.05, 4.69) is 4.74 Å². The van der Waals surface area contributed by atoms with Gasteiger partial charge in [-0.3, -0.25) is 10.1 Å². The molecule has 0 unspecified atom stereocenters.